The molecular formula is C10H14INO2S. The molecule has 0 fully saturated rings. The zero-order valence-corrected chi connectivity index (χ0v) is 11.5. The fourth-order valence-electron chi connectivity index (χ4n) is 1.16. The van der Waals surface area contributed by atoms with E-state index in [4.69, 9.17) is 0 Å². The third-order valence-corrected chi connectivity index (χ3v) is 3.85. The summed E-state index contributed by atoms with van der Waals surface area (Å²) in [4.78, 5) is 0. The van der Waals surface area contributed by atoms with Crippen LogP contribution in [0.15, 0.2) is 24.3 Å². The minimum absolute atomic E-state index is 0.239. The molecule has 0 aliphatic carbocycles. The van der Waals surface area contributed by atoms with E-state index in [1.54, 1.807) is 0 Å². The SMILES string of the molecule is CS(=O)(=O)CCCNc1ccccc1I. The second kappa shape index (κ2) is 5.69. The van der Waals surface area contributed by atoms with Crippen molar-refractivity contribution in [2.45, 2.75) is 6.42 Å². The maximum Gasteiger partial charge on any atom is 0.147 e. The standard InChI is InChI=1S/C10H14INO2S/c1-15(13,14)8-4-7-12-10-6-3-2-5-9(10)11/h2-3,5-6,12H,4,7-8H2,1H3. The molecular weight excluding hydrogens is 325 g/mol. The number of para-hydroxylation sites is 1. The van der Waals surface area contributed by atoms with Crippen molar-refractivity contribution in [2.75, 3.05) is 23.9 Å². The van der Waals surface area contributed by atoms with Gasteiger partial charge in [0.1, 0.15) is 9.84 Å². The van der Waals surface area contributed by atoms with Crippen LogP contribution in [-0.2, 0) is 9.84 Å². The van der Waals surface area contributed by atoms with Crippen molar-refractivity contribution >= 4 is 38.1 Å². The summed E-state index contributed by atoms with van der Waals surface area (Å²) < 4.78 is 22.9. The van der Waals surface area contributed by atoms with E-state index in [-0.39, 0.29) is 5.75 Å². The molecule has 0 aromatic heterocycles. The molecule has 0 aliphatic rings. The molecule has 84 valence electrons. The molecule has 5 heteroatoms. The summed E-state index contributed by atoms with van der Waals surface area (Å²) in [6.45, 7) is 0.688. The second-order valence-corrected chi connectivity index (χ2v) is 6.81. The van der Waals surface area contributed by atoms with Gasteiger partial charge in [-0.3, -0.25) is 0 Å². The number of nitrogens with one attached hydrogen (secondary N) is 1. The zero-order chi connectivity index (χ0) is 11.3. The predicted octanol–water partition coefficient (Wildman–Crippen LogP) is 2.14. The number of benzene rings is 1. The number of hydrogen-bond acceptors (Lipinski definition) is 3. The van der Waals surface area contributed by atoms with Crippen LogP contribution in [-0.4, -0.2) is 27.0 Å². The molecule has 0 aliphatic heterocycles. The highest BCUT2D eigenvalue weighted by Gasteiger charge is 2.01. The van der Waals surface area contributed by atoms with Gasteiger partial charge < -0.3 is 5.32 Å². The number of rotatable bonds is 5. The maximum atomic E-state index is 10.9. The van der Waals surface area contributed by atoms with Crippen molar-refractivity contribution in [3.8, 4) is 0 Å². The van der Waals surface area contributed by atoms with Crippen molar-refractivity contribution in [3.05, 3.63) is 27.8 Å². The molecule has 0 saturated carbocycles. The zero-order valence-electron chi connectivity index (χ0n) is 8.53. The normalized spacial score (nSPS) is 11.3. The quantitative estimate of drug-likeness (QED) is 0.660. The fraction of sp³-hybridized carbons (Fsp3) is 0.400. The average molecular weight is 339 g/mol. The summed E-state index contributed by atoms with van der Waals surface area (Å²) in [6.07, 6.45) is 1.91. The molecule has 0 saturated heterocycles. The fourth-order valence-corrected chi connectivity index (χ4v) is 2.41. The van der Waals surface area contributed by atoms with Crippen LogP contribution in [0, 0.1) is 3.57 Å². The molecule has 0 bridgehead atoms. The van der Waals surface area contributed by atoms with Crippen LogP contribution in [0.5, 0.6) is 0 Å². The predicted molar refractivity (Wildman–Crippen MR) is 72.0 cm³/mol. The summed E-state index contributed by atoms with van der Waals surface area (Å²) >= 11 is 2.25. The van der Waals surface area contributed by atoms with Crippen molar-refractivity contribution in [1.29, 1.82) is 0 Å². The molecule has 0 amide bonds. The number of sulfone groups is 1. The monoisotopic (exact) mass is 339 g/mol. The second-order valence-electron chi connectivity index (χ2n) is 3.39. The van der Waals surface area contributed by atoms with E-state index < -0.39 is 9.84 Å². The third kappa shape index (κ3) is 5.36. The molecule has 0 spiro atoms. The van der Waals surface area contributed by atoms with Gasteiger partial charge in [0.25, 0.3) is 0 Å². The van der Waals surface area contributed by atoms with Gasteiger partial charge in [-0.25, -0.2) is 8.42 Å². The summed E-state index contributed by atoms with van der Waals surface area (Å²) in [5.41, 5.74) is 1.06. The molecule has 15 heavy (non-hydrogen) atoms. The topological polar surface area (TPSA) is 46.2 Å². The lowest BCUT2D eigenvalue weighted by Crippen LogP contribution is -2.10. The van der Waals surface area contributed by atoms with Gasteiger partial charge in [0.2, 0.25) is 0 Å². The Morgan fingerprint density at radius 1 is 1.33 bits per heavy atom. The van der Waals surface area contributed by atoms with E-state index in [9.17, 15) is 8.42 Å². The Hall–Kier alpha value is -0.300. The highest BCUT2D eigenvalue weighted by atomic mass is 127. The van der Waals surface area contributed by atoms with E-state index in [2.05, 4.69) is 27.9 Å². The molecule has 1 N–H and O–H groups in total. The van der Waals surface area contributed by atoms with Gasteiger partial charge >= 0.3 is 0 Å². The van der Waals surface area contributed by atoms with E-state index in [0.29, 0.717) is 13.0 Å². The Bertz CT molecular complexity index is 417. The molecule has 0 unspecified atom stereocenters. The number of anilines is 1. The third-order valence-electron chi connectivity index (χ3n) is 1.88. The van der Waals surface area contributed by atoms with Gasteiger partial charge in [-0.15, -0.1) is 0 Å². The van der Waals surface area contributed by atoms with Crippen molar-refractivity contribution in [2.24, 2.45) is 0 Å². The van der Waals surface area contributed by atoms with Crippen LogP contribution < -0.4 is 5.32 Å². The average Bonchev–Trinajstić information content (AvgIpc) is 2.13. The molecule has 1 aromatic rings. The van der Waals surface area contributed by atoms with Gasteiger partial charge in [0.15, 0.2) is 0 Å². The Labute approximate surface area is 104 Å². The van der Waals surface area contributed by atoms with Crippen LogP contribution in [0.2, 0.25) is 0 Å². The first-order chi connectivity index (χ1) is 6.99. The Morgan fingerprint density at radius 2 is 2.00 bits per heavy atom. The van der Waals surface area contributed by atoms with Gasteiger partial charge in [0.05, 0.1) is 5.75 Å². The number of hydrogen-bond donors (Lipinski definition) is 1. The smallest absolute Gasteiger partial charge is 0.147 e. The van der Waals surface area contributed by atoms with Crippen LogP contribution in [0.25, 0.3) is 0 Å². The van der Waals surface area contributed by atoms with E-state index in [1.807, 2.05) is 24.3 Å². The molecule has 1 aromatic carbocycles. The lowest BCUT2D eigenvalue weighted by atomic mass is 10.3. The number of halogens is 1. The van der Waals surface area contributed by atoms with Crippen LogP contribution in [0.4, 0.5) is 5.69 Å². The van der Waals surface area contributed by atoms with Gasteiger partial charge in [-0.1, -0.05) is 12.1 Å². The lowest BCUT2D eigenvalue weighted by molar-refractivity contribution is 0.600. The van der Waals surface area contributed by atoms with Crippen molar-refractivity contribution < 1.29 is 8.42 Å². The van der Waals surface area contributed by atoms with Crippen LogP contribution in [0.3, 0.4) is 0 Å². The van der Waals surface area contributed by atoms with Gasteiger partial charge in [-0.05, 0) is 41.1 Å². The summed E-state index contributed by atoms with van der Waals surface area (Å²) in [6, 6.07) is 7.94. The van der Waals surface area contributed by atoms with Gasteiger partial charge in [-0.2, -0.15) is 0 Å². The molecule has 1 rings (SSSR count). The van der Waals surface area contributed by atoms with Gasteiger partial charge in [0, 0.05) is 22.1 Å². The Kier molecular flexibility index (Phi) is 4.85. The summed E-state index contributed by atoms with van der Waals surface area (Å²) in [5.74, 6) is 0.239. The Morgan fingerprint density at radius 3 is 2.60 bits per heavy atom. The first-order valence-electron chi connectivity index (χ1n) is 4.65. The van der Waals surface area contributed by atoms with Crippen LogP contribution in [0.1, 0.15) is 6.42 Å². The first kappa shape index (κ1) is 12.8. The summed E-state index contributed by atoms with van der Waals surface area (Å²) in [7, 11) is -2.83. The molecule has 0 heterocycles. The Balaban J connectivity index is 2.36. The summed E-state index contributed by atoms with van der Waals surface area (Å²) in [5, 5.41) is 3.21. The van der Waals surface area contributed by atoms with E-state index in [1.165, 1.54) is 6.26 Å². The molecule has 0 atom stereocenters. The first-order valence-corrected chi connectivity index (χ1v) is 7.79. The molecule has 3 nitrogen and oxygen atoms in total. The van der Waals surface area contributed by atoms with E-state index in [0.717, 1.165) is 9.26 Å². The van der Waals surface area contributed by atoms with Crippen LogP contribution >= 0.6 is 22.6 Å². The largest absolute Gasteiger partial charge is 0.384 e. The van der Waals surface area contributed by atoms with Crippen molar-refractivity contribution in [1.82, 2.24) is 0 Å². The lowest BCUT2D eigenvalue weighted by Gasteiger charge is -2.07. The van der Waals surface area contributed by atoms with E-state index >= 15 is 0 Å². The minimum atomic E-state index is -2.83. The molecule has 0 radical (unpaired) electrons. The van der Waals surface area contributed by atoms with Crippen molar-refractivity contribution in [3.63, 3.8) is 0 Å². The maximum absolute atomic E-state index is 10.9. The highest BCUT2D eigenvalue weighted by Crippen LogP contribution is 2.16. The highest BCUT2D eigenvalue weighted by molar-refractivity contribution is 14.1. The minimum Gasteiger partial charge on any atom is -0.384 e.